The summed E-state index contributed by atoms with van der Waals surface area (Å²) in [5, 5.41) is 7.82. The number of aliphatic imine (C=N–C) groups is 1. The van der Waals surface area contributed by atoms with E-state index in [4.69, 9.17) is 9.15 Å². The van der Waals surface area contributed by atoms with Crippen LogP contribution >= 0.6 is 24.0 Å². The molecule has 2 aromatic rings. The van der Waals surface area contributed by atoms with Crippen molar-refractivity contribution >= 4 is 40.9 Å². The normalized spacial score (nSPS) is 20.5. The van der Waals surface area contributed by atoms with Crippen molar-refractivity contribution in [1.29, 1.82) is 0 Å². The maximum Gasteiger partial charge on any atom is 0.191 e. The number of guanidine groups is 1. The Balaban J connectivity index is 0.00000225. The highest BCUT2D eigenvalue weighted by Gasteiger charge is 2.29. The van der Waals surface area contributed by atoms with Crippen LogP contribution in [-0.2, 0) is 11.2 Å². The minimum Gasteiger partial charge on any atom is -0.461 e. The maximum atomic E-state index is 5.85. The van der Waals surface area contributed by atoms with E-state index >= 15 is 0 Å². The van der Waals surface area contributed by atoms with E-state index in [0.717, 1.165) is 61.6 Å². The van der Waals surface area contributed by atoms with Crippen molar-refractivity contribution in [3.63, 3.8) is 0 Å². The zero-order valence-corrected chi connectivity index (χ0v) is 17.3. The summed E-state index contributed by atoms with van der Waals surface area (Å²) in [4.78, 5) is 4.68. The lowest BCUT2D eigenvalue weighted by Gasteiger charge is -2.21. The van der Waals surface area contributed by atoms with Crippen LogP contribution in [0, 0.1) is 0 Å². The first kappa shape index (κ1) is 20.0. The highest BCUT2D eigenvalue weighted by Crippen LogP contribution is 2.25. The molecule has 25 heavy (non-hydrogen) atoms. The quantitative estimate of drug-likeness (QED) is 0.395. The van der Waals surface area contributed by atoms with Gasteiger partial charge in [-0.15, -0.1) is 24.0 Å². The summed E-state index contributed by atoms with van der Waals surface area (Å²) in [5.74, 6) is 1.83. The zero-order valence-electron chi connectivity index (χ0n) is 15.0. The van der Waals surface area contributed by atoms with Crippen molar-refractivity contribution in [3.8, 4) is 0 Å². The molecule has 1 aliphatic heterocycles. The average molecular weight is 457 g/mol. The zero-order chi connectivity index (χ0) is 16.8. The first-order valence-electron chi connectivity index (χ1n) is 8.82. The fourth-order valence-electron chi connectivity index (χ4n) is 3.01. The summed E-state index contributed by atoms with van der Waals surface area (Å²) in [7, 11) is 0. The molecule has 0 saturated carbocycles. The highest BCUT2D eigenvalue weighted by molar-refractivity contribution is 14.0. The van der Waals surface area contributed by atoms with Gasteiger partial charge >= 0.3 is 0 Å². The van der Waals surface area contributed by atoms with Gasteiger partial charge in [-0.25, -0.2) is 0 Å². The van der Waals surface area contributed by atoms with Gasteiger partial charge in [0.05, 0.1) is 12.1 Å². The summed E-state index contributed by atoms with van der Waals surface area (Å²) in [5.41, 5.74) is 0.834. The Bertz CT molecular complexity index is 660. The lowest BCUT2D eigenvalue weighted by atomic mass is 10.0. The highest BCUT2D eigenvalue weighted by atomic mass is 127. The number of nitrogens with zero attached hydrogens (tertiary/aromatic N) is 1. The van der Waals surface area contributed by atoms with Crippen LogP contribution < -0.4 is 10.6 Å². The number of rotatable bonds is 6. The topological polar surface area (TPSA) is 58.8 Å². The molecule has 0 spiro atoms. The second-order valence-electron chi connectivity index (χ2n) is 6.52. The Hall–Kier alpha value is -1.28. The minimum absolute atomic E-state index is 0. The maximum absolute atomic E-state index is 5.85. The lowest BCUT2D eigenvalue weighted by molar-refractivity contribution is 0.0283. The Labute approximate surface area is 166 Å². The van der Waals surface area contributed by atoms with Gasteiger partial charge in [-0.2, -0.15) is 0 Å². The monoisotopic (exact) mass is 457 g/mol. The summed E-state index contributed by atoms with van der Waals surface area (Å²) in [6.07, 6.45) is 3.03. The molecule has 0 aliphatic carbocycles. The van der Waals surface area contributed by atoms with Crippen molar-refractivity contribution < 1.29 is 9.15 Å². The smallest absolute Gasteiger partial charge is 0.191 e. The van der Waals surface area contributed by atoms with E-state index < -0.39 is 0 Å². The van der Waals surface area contributed by atoms with Crippen molar-refractivity contribution in [2.24, 2.45) is 4.99 Å². The number of furan rings is 1. The molecule has 1 fully saturated rings. The van der Waals surface area contributed by atoms with Crippen molar-refractivity contribution in [3.05, 3.63) is 36.1 Å². The van der Waals surface area contributed by atoms with Gasteiger partial charge in [0.25, 0.3) is 0 Å². The first-order valence-corrected chi connectivity index (χ1v) is 8.82. The fraction of sp³-hybridized carbons (Fsp3) is 0.526. The second-order valence-corrected chi connectivity index (χ2v) is 6.52. The minimum atomic E-state index is -0.110. The molecule has 1 saturated heterocycles. The van der Waals surface area contributed by atoms with E-state index in [0.29, 0.717) is 6.54 Å². The van der Waals surface area contributed by atoms with E-state index in [1.165, 1.54) is 0 Å². The third-order valence-corrected chi connectivity index (χ3v) is 4.36. The van der Waals surface area contributed by atoms with Crippen LogP contribution in [0.5, 0.6) is 0 Å². The third-order valence-electron chi connectivity index (χ3n) is 4.36. The molecular formula is C19H28IN3O2. The molecule has 0 radical (unpaired) electrons. The van der Waals surface area contributed by atoms with Crippen LogP contribution in [0.2, 0.25) is 0 Å². The second kappa shape index (κ2) is 9.43. The fourth-order valence-corrected chi connectivity index (χ4v) is 3.01. The molecule has 2 N–H and O–H groups in total. The number of para-hydroxylation sites is 1. The van der Waals surface area contributed by atoms with Gasteiger partial charge in [0.1, 0.15) is 11.3 Å². The van der Waals surface area contributed by atoms with E-state index in [1.807, 2.05) is 18.2 Å². The van der Waals surface area contributed by atoms with Crippen molar-refractivity contribution in [2.75, 3.05) is 26.2 Å². The van der Waals surface area contributed by atoms with Crippen LogP contribution in [0.1, 0.15) is 32.4 Å². The van der Waals surface area contributed by atoms with E-state index in [9.17, 15) is 0 Å². The summed E-state index contributed by atoms with van der Waals surface area (Å²) >= 11 is 0. The average Bonchev–Trinajstić information content (AvgIpc) is 3.19. The number of ether oxygens (including phenoxy) is 1. The third kappa shape index (κ3) is 5.60. The molecule has 0 amide bonds. The molecule has 3 rings (SSSR count). The molecule has 1 aromatic heterocycles. The Morgan fingerprint density at radius 1 is 1.28 bits per heavy atom. The predicted octanol–water partition coefficient (Wildman–Crippen LogP) is 3.72. The Kier molecular flexibility index (Phi) is 7.56. The van der Waals surface area contributed by atoms with Gasteiger partial charge in [0.15, 0.2) is 5.96 Å². The number of hydrogen-bond acceptors (Lipinski definition) is 3. The van der Waals surface area contributed by atoms with E-state index in [-0.39, 0.29) is 29.6 Å². The molecule has 138 valence electrons. The summed E-state index contributed by atoms with van der Waals surface area (Å²) < 4.78 is 11.6. The van der Waals surface area contributed by atoms with Crippen LogP contribution in [0.3, 0.4) is 0 Å². The van der Waals surface area contributed by atoms with Gasteiger partial charge in [-0.3, -0.25) is 4.99 Å². The van der Waals surface area contributed by atoms with Gasteiger partial charge in [0.2, 0.25) is 0 Å². The van der Waals surface area contributed by atoms with Crippen LogP contribution in [0.4, 0.5) is 0 Å². The molecule has 1 unspecified atom stereocenters. The molecule has 2 heterocycles. The van der Waals surface area contributed by atoms with Crippen LogP contribution in [-0.4, -0.2) is 37.8 Å². The lowest BCUT2D eigenvalue weighted by Crippen LogP contribution is -2.40. The molecule has 0 bridgehead atoms. The number of benzene rings is 1. The largest absolute Gasteiger partial charge is 0.461 e. The SMILES string of the molecule is CCNC(=NCC1(C)CCCO1)NCCc1cc2ccccc2o1.I. The number of nitrogens with one attached hydrogen (secondary N) is 2. The van der Waals surface area contributed by atoms with E-state index in [1.54, 1.807) is 0 Å². The molecule has 1 atom stereocenters. The Morgan fingerprint density at radius 2 is 2.12 bits per heavy atom. The van der Waals surface area contributed by atoms with Gasteiger partial charge < -0.3 is 19.8 Å². The number of halogens is 1. The van der Waals surface area contributed by atoms with Gasteiger partial charge in [-0.05, 0) is 38.8 Å². The summed E-state index contributed by atoms with van der Waals surface area (Å²) in [6.45, 7) is 7.37. The molecule has 5 nitrogen and oxygen atoms in total. The van der Waals surface area contributed by atoms with Crippen molar-refractivity contribution in [2.45, 2.75) is 38.7 Å². The van der Waals surface area contributed by atoms with Crippen LogP contribution in [0.15, 0.2) is 39.7 Å². The van der Waals surface area contributed by atoms with Gasteiger partial charge in [-0.1, -0.05) is 18.2 Å². The van der Waals surface area contributed by atoms with Gasteiger partial charge in [0, 0.05) is 31.5 Å². The molecule has 1 aliphatic rings. The van der Waals surface area contributed by atoms with E-state index in [2.05, 4.69) is 41.6 Å². The first-order chi connectivity index (χ1) is 11.7. The number of hydrogen-bond donors (Lipinski definition) is 2. The molecule has 1 aromatic carbocycles. The van der Waals surface area contributed by atoms with Crippen molar-refractivity contribution in [1.82, 2.24) is 10.6 Å². The molecule has 6 heteroatoms. The van der Waals surface area contributed by atoms with Crippen LogP contribution in [0.25, 0.3) is 11.0 Å². The number of fused-ring (bicyclic) bond motifs is 1. The predicted molar refractivity (Wildman–Crippen MR) is 113 cm³/mol. The standard InChI is InChI=1S/C19H27N3O2.HI/c1-3-20-18(22-14-19(2)10-6-12-23-19)21-11-9-16-13-15-7-4-5-8-17(15)24-16;/h4-5,7-8,13H,3,6,9-12,14H2,1-2H3,(H2,20,21,22);1H. The molecular weight excluding hydrogens is 429 g/mol. The Morgan fingerprint density at radius 3 is 2.84 bits per heavy atom. The summed E-state index contributed by atoms with van der Waals surface area (Å²) in [6, 6.07) is 10.2.